The Labute approximate surface area is 142 Å². The zero-order chi connectivity index (χ0) is 17.3. The lowest BCUT2D eigenvalue weighted by Gasteiger charge is -2.18. The summed E-state index contributed by atoms with van der Waals surface area (Å²) < 4.78 is 27.4. The third-order valence-electron chi connectivity index (χ3n) is 4.30. The quantitative estimate of drug-likeness (QED) is 0.926. The van der Waals surface area contributed by atoms with Crippen molar-refractivity contribution >= 4 is 21.6 Å². The Hall–Kier alpha value is -2.18. The van der Waals surface area contributed by atoms with Crippen molar-refractivity contribution in [1.29, 1.82) is 0 Å². The van der Waals surface area contributed by atoms with Crippen molar-refractivity contribution in [3.63, 3.8) is 0 Å². The maximum atomic E-state index is 12.4. The molecule has 1 saturated heterocycles. The highest BCUT2D eigenvalue weighted by molar-refractivity contribution is 7.89. The average molecular weight is 344 g/mol. The molecule has 1 aliphatic rings. The van der Waals surface area contributed by atoms with Crippen molar-refractivity contribution < 1.29 is 13.2 Å². The minimum absolute atomic E-state index is 0.0704. The fourth-order valence-electron chi connectivity index (χ4n) is 2.82. The van der Waals surface area contributed by atoms with Gasteiger partial charge in [-0.05, 0) is 49.2 Å². The molecule has 2 aromatic carbocycles. The van der Waals surface area contributed by atoms with Crippen molar-refractivity contribution in [2.75, 3.05) is 11.4 Å². The number of anilines is 1. The van der Waals surface area contributed by atoms with Crippen LogP contribution in [-0.4, -0.2) is 26.9 Å². The van der Waals surface area contributed by atoms with Gasteiger partial charge in [-0.25, -0.2) is 13.1 Å². The van der Waals surface area contributed by atoms with Crippen molar-refractivity contribution in [2.24, 2.45) is 0 Å². The molecule has 3 rings (SSSR count). The van der Waals surface area contributed by atoms with Gasteiger partial charge in [0.1, 0.15) is 0 Å². The van der Waals surface area contributed by atoms with Gasteiger partial charge >= 0.3 is 0 Å². The molecule has 1 heterocycles. The minimum Gasteiger partial charge on any atom is -0.311 e. The number of nitrogens with zero attached hydrogens (tertiary/aromatic N) is 1. The Bertz CT molecular complexity index is 863. The molecule has 5 nitrogen and oxygen atoms in total. The third kappa shape index (κ3) is 3.34. The number of carbonyl (C=O) groups is 1. The fourth-order valence-corrected chi connectivity index (χ4v) is 4.06. The number of carbonyl (C=O) groups excluding carboxylic acids is 1. The molecular formula is C18H20N2O3S. The smallest absolute Gasteiger partial charge is 0.240 e. The maximum absolute atomic E-state index is 12.4. The van der Waals surface area contributed by atoms with Crippen LogP contribution in [0.3, 0.4) is 0 Å². The van der Waals surface area contributed by atoms with Gasteiger partial charge in [-0.15, -0.1) is 0 Å². The van der Waals surface area contributed by atoms with Crippen LogP contribution in [0.2, 0.25) is 0 Å². The second-order valence-corrected chi connectivity index (χ2v) is 7.82. The molecule has 1 N–H and O–H groups in total. The highest BCUT2D eigenvalue weighted by Gasteiger charge is 2.33. The highest BCUT2D eigenvalue weighted by atomic mass is 32.2. The summed E-state index contributed by atoms with van der Waals surface area (Å²) in [5.74, 6) is -0.0704. The minimum atomic E-state index is -3.62. The first kappa shape index (κ1) is 16.7. The standard InChI is InChI=1S/C18H20N2O3S/c1-13-8-9-16(10-14(13)2)20-12-15(11-18(20)21)19-24(22,23)17-6-4-3-5-7-17/h3-10,15,19H,11-12H2,1-2H3/t15-/m1/s1. The lowest BCUT2D eigenvalue weighted by Crippen LogP contribution is -2.37. The molecule has 1 amide bonds. The highest BCUT2D eigenvalue weighted by Crippen LogP contribution is 2.24. The summed E-state index contributed by atoms with van der Waals surface area (Å²) in [4.78, 5) is 14.1. The third-order valence-corrected chi connectivity index (χ3v) is 5.84. The zero-order valence-corrected chi connectivity index (χ0v) is 14.5. The number of aryl methyl sites for hydroxylation is 2. The van der Waals surface area contributed by atoms with E-state index in [0.29, 0.717) is 6.54 Å². The number of hydrogen-bond acceptors (Lipinski definition) is 3. The topological polar surface area (TPSA) is 66.5 Å². The maximum Gasteiger partial charge on any atom is 0.240 e. The molecule has 1 atom stereocenters. The number of nitrogens with one attached hydrogen (secondary N) is 1. The van der Waals surface area contributed by atoms with E-state index in [2.05, 4.69) is 4.72 Å². The van der Waals surface area contributed by atoms with Gasteiger partial charge in [0.15, 0.2) is 0 Å². The van der Waals surface area contributed by atoms with E-state index in [1.54, 1.807) is 35.2 Å². The van der Waals surface area contributed by atoms with Gasteiger partial charge in [0.2, 0.25) is 15.9 Å². The first-order chi connectivity index (χ1) is 11.4. The first-order valence-electron chi connectivity index (χ1n) is 7.82. The SMILES string of the molecule is Cc1ccc(N2C[C@H](NS(=O)(=O)c3ccccc3)CC2=O)cc1C. The molecule has 0 aromatic heterocycles. The van der Waals surface area contributed by atoms with Gasteiger partial charge in [0.05, 0.1) is 4.90 Å². The van der Waals surface area contributed by atoms with Crippen LogP contribution in [0.4, 0.5) is 5.69 Å². The summed E-state index contributed by atoms with van der Waals surface area (Å²) in [6.07, 6.45) is 0.166. The van der Waals surface area contributed by atoms with Crippen LogP contribution in [0.5, 0.6) is 0 Å². The molecule has 126 valence electrons. The van der Waals surface area contributed by atoms with E-state index in [0.717, 1.165) is 16.8 Å². The number of benzene rings is 2. The van der Waals surface area contributed by atoms with Crippen LogP contribution < -0.4 is 9.62 Å². The predicted molar refractivity (Wildman–Crippen MR) is 93.4 cm³/mol. The first-order valence-corrected chi connectivity index (χ1v) is 9.30. The van der Waals surface area contributed by atoms with E-state index >= 15 is 0 Å². The van der Waals surface area contributed by atoms with E-state index in [9.17, 15) is 13.2 Å². The number of sulfonamides is 1. The number of amides is 1. The molecular weight excluding hydrogens is 324 g/mol. The van der Waals surface area contributed by atoms with Crippen LogP contribution in [0, 0.1) is 13.8 Å². The van der Waals surface area contributed by atoms with Crippen LogP contribution in [0.1, 0.15) is 17.5 Å². The van der Waals surface area contributed by atoms with E-state index in [1.807, 2.05) is 32.0 Å². The number of rotatable bonds is 4. The van der Waals surface area contributed by atoms with Crippen molar-refractivity contribution in [3.05, 3.63) is 59.7 Å². The molecule has 6 heteroatoms. The Morgan fingerprint density at radius 2 is 1.75 bits per heavy atom. The summed E-state index contributed by atoms with van der Waals surface area (Å²) in [5, 5.41) is 0. The average Bonchev–Trinajstić information content (AvgIpc) is 2.90. The van der Waals surface area contributed by atoms with Gasteiger partial charge in [0, 0.05) is 24.7 Å². The molecule has 1 aliphatic heterocycles. The summed E-state index contributed by atoms with van der Waals surface area (Å²) >= 11 is 0. The van der Waals surface area contributed by atoms with Crippen LogP contribution in [0.15, 0.2) is 53.4 Å². The molecule has 0 radical (unpaired) electrons. The Kier molecular flexibility index (Phi) is 4.43. The second kappa shape index (κ2) is 6.37. The molecule has 0 unspecified atom stereocenters. The Morgan fingerprint density at radius 3 is 2.42 bits per heavy atom. The van der Waals surface area contributed by atoms with Crippen molar-refractivity contribution in [2.45, 2.75) is 31.2 Å². The van der Waals surface area contributed by atoms with Gasteiger partial charge in [-0.1, -0.05) is 24.3 Å². The van der Waals surface area contributed by atoms with Crippen molar-refractivity contribution in [3.8, 4) is 0 Å². The molecule has 2 aromatic rings. The number of hydrogen-bond donors (Lipinski definition) is 1. The molecule has 0 spiro atoms. The monoisotopic (exact) mass is 344 g/mol. The van der Waals surface area contributed by atoms with Crippen LogP contribution >= 0.6 is 0 Å². The van der Waals surface area contributed by atoms with Gasteiger partial charge in [-0.3, -0.25) is 4.79 Å². The molecule has 0 aliphatic carbocycles. The summed E-state index contributed by atoms with van der Waals surface area (Å²) in [7, 11) is -3.62. The van der Waals surface area contributed by atoms with Gasteiger partial charge in [0.25, 0.3) is 0 Å². The van der Waals surface area contributed by atoms with E-state index in [1.165, 1.54) is 0 Å². The summed E-state index contributed by atoms with van der Waals surface area (Å²) in [6.45, 7) is 4.35. The predicted octanol–water partition coefficient (Wildman–Crippen LogP) is 2.39. The molecule has 24 heavy (non-hydrogen) atoms. The lowest BCUT2D eigenvalue weighted by atomic mass is 10.1. The molecule has 0 bridgehead atoms. The van der Waals surface area contributed by atoms with E-state index in [-0.39, 0.29) is 17.2 Å². The summed E-state index contributed by atoms with van der Waals surface area (Å²) in [5.41, 5.74) is 3.07. The van der Waals surface area contributed by atoms with E-state index < -0.39 is 16.1 Å². The van der Waals surface area contributed by atoms with Crippen LogP contribution in [-0.2, 0) is 14.8 Å². The Morgan fingerprint density at radius 1 is 1.04 bits per heavy atom. The molecule has 0 saturated carbocycles. The largest absolute Gasteiger partial charge is 0.311 e. The molecule has 1 fully saturated rings. The second-order valence-electron chi connectivity index (χ2n) is 6.11. The van der Waals surface area contributed by atoms with Gasteiger partial charge in [-0.2, -0.15) is 0 Å². The van der Waals surface area contributed by atoms with Crippen molar-refractivity contribution in [1.82, 2.24) is 4.72 Å². The van der Waals surface area contributed by atoms with E-state index in [4.69, 9.17) is 0 Å². The Balaban J connectivity index is 1.76. The fraction of sp³-hybridized carbons (Fsp3) is 0.278. The normalized spacial score (nSPS) is 18.2. The van der Waals surface area contributed by atoms with Crippen LogP contribution in [0.25, 0.3) is 0 Å². The summed E-state index contributed by atoms with van der Waals surface area (Å²) in [6, 6.07) is 13.6. The zero-order valence-electron chi connectivity index (χ0n) is 13.7. The lowest BCUT2D eigenvalue weighted by molar-refractivity contribution is -0.117. The van der Waals surface area contributed by atoms with Gasteiger partial charge < -0.3 is 4.90 Å².